The van der Waals surface area contributed by atoms with Gasteiger partial charge in [-0.1, -0.05) is 0 Å². The van der Waals surface area contributed by atoms with Crippen molar-refractivity contribution in [2.75, 3.05) is 39.8 Å². The Labute approximate surface area is 147 Å². The van der Waals surface area contributed by atoms with Crippen LogP contribution in [0.1, 0.15) is 27.3 Å². The smallest absolute Gasteiger partial charge is 0.274 e. The molecule has 2 aliphatic heterocycles. The fraction of sp³-hybridized carbons (Fsp3) is 0.500. The fourth-order valence-corrected chi connectivity index (χ4v) is 3.59. The minimum atomic E-state index is 0.0770. The Balaban J connectivity index is 1.44. The van der Waals surface area contributed by atoms with E-state index in [1.165, 1.54) is 5.56 Å². The molecule has 2 aromatic heterocycles. The van der Waals surface area contributed by atoms with Crippen molar-refractivity contribution >= 4 is 5.91 Å². The summed E-state index contributed by atoms with van der Waals surface area (Å²) in [5.74, 6) is 0.0770. The van der Waals surface area contributed by atoms with E-state index in [2.05, 4.69) is 32.0 Å². The van der Waals surface area contributed by atoms with Gasteiger partial charge in [-0.3, -0.25) is 19.8 Å². The van der Waals surface area contributed by atoms with Crippen LogP contribution in [0.2, 0.25) is 0 Å². The zero-order chi connectivity index (χ0) is 17.2. The van der Waals surface area contributed by atoms with Gasteiger partial charge >= 0.3 is 0 Å². The second kappa shape index (κ2) is 6.93. The van der Waals surface area contributed by atoms with E-state index in [-0.39, 0.29) is 5.91 Å². The molecule has 0 aromatic carbocycles. The largest absolute Gasteiger partial charge is 0.335 e. The second-order valence-electron chi connectivity index (χ2n) is 6.94. The number of aromatic nitrogens is 3. The Morgan fingerprint density at radius 1 is 1.16 bits per heavy atom. The predicted molar refractivity (Wildman–Crippen MR) is 94.0 cm³/mol. The van der Waals surface area contributed by atoms with Crippen molar-refractivity contribution in [3.63, 3.8) is 0 Å². The number of likely N-dealkylation sites (N-methyl/N-ethyl adjacent to an activating group) is 1. The summed E-state index contributed by atoms with van der Waals surface area (Å²) in [6, 6.07) is 4.09. The van der Waals surface area contributed by atoms with Gasteiger partial charge in [-0.2, -0.15) is 5.10 Å². The van der Waals surface area contributed by atoms with Gasteiger partial charge in [0.05, 0.1) is 5.69 Å². The number of hydrogen-bond donors (Lipinski definition) is 1. The molecule has 1 amide bonds. The highest BCUT2D eigenvalue weighted by atomic mass is 16.2. The van der Waals surface area contributed by atoms with Crippen molar-refractivity contribution in [3.8, 4) is 0 Å². The zero-order valence-corrected chi connectivity index (χ0v) is 14.6. The number of rotatable bonds is 3. The van der Waals surface area contributed by atoms with Crippen LogP contribution in [0.4, 0.5) is 0 Å². The summed E-state index contributed by atoms with van der Waals surface area (Å²) in [6.45, 7) is 6.06. The number of hydrogen-bond acceptors (Lipinski definition) is 5. The van der Waals surface area contributed by atoms with Gasteiger partial charge in [0.2, 0.25) is 0 Å². The lowest BCUT2D eigenvalue weighted by molar-refractivity contribution is 0.0656. The van der Waals surface area contributed by atoms with E-state index in [1.807, 2.05) is 29.4 Å². The molecule has 1 N–H and O–H groups in total. The summed E-state index contributed by atoms with van der Waals surface area (Å²) in [5.41, 5.74) is 4.07. The molecule has 132 valence electrons. The third-order valence-electron chi connectivity index (χ3n) is 5.16. The molecule has 0 atom stereocenters. The molecule has 2 aromatic rings. The van der Waals surface area contributed by atoms with Crippen LogP contribution in [-0.4, -0.2) is 75.6 Å². The number of amides is 1. The number of piperazine rings is 1. The molecular weight excluding hydrogens is 316 g/mol. The maximum atomic E-state index is 12.8. The molecule has 2 aliphatic rings. The van der Waals surface area contributed by atoms with Gasteiger partial charge in [-0.05, 0) is 31.2 Å². The van der Waals surface area contributed by atoms with Crippen molar-refractivity contribution in [3.05, 3.63) is 47.0 Å². The Morgan fingerprint density at radius 3 is 2.68 bits per heavy atom. The summed E-state index contributed by atoms with van der Waals surface area (Å²) >= 11 is 0. The molecule has 0 bridgehead atoms. The lowest BCUT2D eigenvalue weighted by Gasteiger charge is -2.32. The van der Waals surface area contributed by atoms with Crippen LogP contribution in [0.25, 0.3) is 0 Å². The van der Waals surface area contributed by atoms with Crippen molar-refractivity contribution in [1.82, 2.24) is 29.9 Å². The first-order valence-corrected chi connectivity index (χ1v) is 8.86. The molecule has 0 saturated carbocycles. The lowest BCUT2D eigenvalue weighted by Crippen LogP contribution is -2.47. The van der Waals surface area contributed by atoms with Gasteiger partial charge in [0.25, 0.3) is 5.91 Å². The van der Waals surface area contributed by atoms with Crippen molar-refractivity contribution in [1.29, 1.82) is 0 Å². The minimum Gasteiger partial charge on any atom is -0.335 e. The third-order valence-corrected chi connectivity index (χ3v) is 5.16. The van der Waals surface area contributed by atoms with E-state index in [0.29, 0.717) is 5.69 Å². The van der Waals surface area contributed by atoms with Gasteiger partial charge in [0.1, 0.15) is 0 Å². The molecule has 25 heavy (non-hydrogen) atoms. The van der Waals surface area contributed by atoms with Crippen LogP contribution in [-0.2, 0) is 19.5 Å². The standard InChI is InChI=1S/C18H24N6O/c1-22-8-10-24(11-9-22)18(25)17-15-4-7-23(13-16(15)20-21-17)12-14-2-5-19-6-3-14/h2-3,5-6H,4,7-13H2,1H3,(H,20,21). The van der Waals surface area contributed by atoms with E-state index in [4.69, 9.17) is 0 Å². The first-order valence-electron chi connectivity index (χ1n) is 8.86. The molecule has 0 unspecified atom stereocenters. The summed E-state index contributed by atoms with van der Waals surface area (Å²) in [6.07, 6.45) is 4.52. The van der Waals surface area contributed by atoms with Gasteiger partial charge in [-0.25, -0.2) is 0 Å². The maximum absolute atomic E-state index is 12.8. The van der Waals surface area contributed by atoms with Crippen molar-refractivity contribution in [2.45, 2.75) is 19.5 Å². The Morgan fingerprint density at radius 2 is 1.92 bits per heavy atom. The van der Waals surface area contributed by atoms with E-state index >= 15 is 0 Å². The number of fused-ring (bicyclic) bond motifs is 1. The van der Waals surface area contributed by atoms with E-state index in [0.717, 1.165) is 63.5 Å². The highest BCUT2D eigenvalue weighted by molar-refractivity contribution is 5.94. The number of H-pyrrole nitrogens is 1. The SMILES string of the molecule is CN1CCN(C(=O)c2n[nH]c3c2CCN(Cc2ccncc2)C3)CC1. The van der Waals surface area contributed by atoms with Gasteiger partial charge in [0.15, 0.2) is 5.69 Å². The van der Waals surface area contributed by atoms with E-state index < -0.39 is 0 Å². The van der Waals surface area contributed by atoms with Gasteiger partial charge in [0, 0.05) is 63.8 Å². The summed E-state index contributed by atoms with van der Waals surface area (Å²) < 4.78 is 0. The third kappa shape index (κ3) is 3.43. The fourth-order valence-electron chi connectivity index (χ4n) is 3.59. The number of pyridine rings is 1. The molecule has 4 rings (SSSR count). The molecular formula is C18H24N6O. The van der Waals surface area contributed by atoms with Crippen LogP contribution >= 0.6 is 0 Å². The molecule has 1 saturated heterocycles. The number of carbonyl (C=O) groups excluding carboxylic acids is 1. The Hall–Kier alpha value is -2.25. The molecule has 0 aliphatic carbocycles. The average molecular weight is 340 g/mol. The summed E-state index contributed by atoms with van der Waals surface area (Å²) in [4.78, 5) is 23.4. The molecule has 7 nitrogen and oxygen atoms in total. The summed E-state index contributed by atoms with van der Waals surface area (Å²) in [7, 11) is 2.09. The van der Waals surface area contributed by atoms with Crippen LogP contribution in [0.5, 0.6) is 0 Å². The highest BCUT2D eigenvalue weighted by Crippen LogP contribution is 2.23. The van der Waals surface area contributed by atoms with Crippen LogP contribution < -0.4 is 0 Å². The molecule has 0 radical (unpaired) electrons. The monoisotopic (exact) mass is 340 g/mol. The highest BCUT2D eigenvalue weighted by Gasteiger charge is 2.29. The number of aromatic amines is 1. The van der Waals surface area contributed by atoms with Gasteiger partial charge < -0.3 is 9.80 Å². The normalized spacial score (nSPS) is 19.0. The lowest BCUT2D eigenvalue weighted by atomic mass is 10.0. The van der Waals surface area contributed by atoms with Crippen LogP contribution in [0, 0.1) is 0 Å². The molecule has 4 heterocycles. The first-order chi connectivity index (χ1) is 12.2. The van der Waals surface area contributed by atoms with E-state index in [9.17, 15) is 4.79 Å². The zero-order valence-electron chi connectivity index (χ0n) is 14.6. The Bertz CT molecular complexity index is 735. The van der Waals surface area contributed by atoms with E-state index in [1.54, 1.807) is 0 Å². The Kier molecular flexibility index (Phi) is 4.50. The van der Waals surface area contributed by atoms with Crippen LogP contribution in [0.15, 0.2) is 24.5 Å². The number of nitrogens with zero attached hydrogens (tertiary/aromatic N) is 5. The molecule has 1 fully saturated rings. The molecule has 0 spiro atoms. The predicted octanol–water partition coefficient (Wildman–Crippen LogP) is 0.751. The minimum absolute atomic E-state index is 0.0770. The first kappa shape index (κ1) is 16.2. The van der Waals surface area contributed by atoms with Crippen molar-refractivity contribution in [2.24, 2.45) is 0 Å². The summed E-state index contributed by atoms with van der Waals surface area (Å²) in [5, 5.41) is 7.48. The van der Waals surface area contributed by atoms with Crippen molar-refractivity contribution < 1.29 is 4.79 Å². The van der Waals surface area contributed by atoms with Gasteiger partial charge in [-0.15, -0.1) is 0 Å². The number of carbonyl (C=O) groups is 1. The topological polar surface area (TPSA) is 68.4 Å². The number of nitrogens with one attached hydrogen (secondary N) is 1. The molecule has 7 heteroatoms. The average Bonchev–Trinajstić information content (AvgIpc) is 3.06. The maximum Gasteiger partial charge on any atom is 0.274 e. The quantitative estimate of drug-likeness (QED) is 0.893. The van der Waals surface area contributed by atoms with Crippen LogP contribution in [0.3, 0.4) is 0 Å². The second-order valence-corrected chi connectivity index (χ2v) is 6.94.